The van der Waals surface area contributed by atoms with E-state index in [2.05, 4.69) is 5.32 Å². The molecule has 2 aromatic carbocycles. The Kier molecular flexibility index (Phi) is 4.34. The van der Waals surface area contributed by atoms with Crippen molar-refractivity contribution in [2.75, 3.05) is 12.9 Å². The molecule has 0 aliphatic carbocycles. The first-order valence-electron chi connectivity index (χ1n) is 7.05. The largest absolute Gasteiger partial charge is 0.497 e. The van der Waals surface area contributed by atoms with Gasteiger partial charge in [0.15, 0.2) is 0 Å². The second kappa shape index (κ2) is 6.40. The lowest BCUT2D eigenvalue weighted by Gasteiger charge is -2.26. The third kappa shape index (κ3) is 2.95. The van der Waals surface area contributed by atoms with E-state index in [0.717, 1.165) is 17.7 Å². The Morgan fingerprint density at radius 2 is 2.05 bits per heavy atom. The van der Waals surface area contributed by atoms with Gasteiger partial charge in [-0.05, 0) is 42.3 Å². The second-order valence-corrected chi connectivity index (χ2v) is 6.16. The number of hydrogen-bond acceptors (Lipinski definition) is 3. The van der Waals surface area contributed by atoms with Gasteiger partial charge >= 0.3 is 0 Å². The maximum Gasteiger partial charge on any atom is 0.251 e. The van der Waals surface area contributed by atoms with Gasteiger partial charge in [-0.2, -0.15) is 0 Å². The predicted molar refractivity (Wildman–Crippen MR) is 84.9 cm³/mol. The third-order valence-corrected chi connectivity index (χ3v) is 4.84. The molecule has 2 aromatic rings. The molecule has 3 rings (SSSR count). The molecule has 0 fully saturated rings. The van der Waals surface area contributed by atoms with Crippen LogP contribution in [-0.4, -0.2) is 18.8 Å². The summed E-state index contributed by atoms with van der Waals surface area (Å²) in [6.07, 6.45) is 0.795. The van der Waals surface area contributed by atoms with Crippen molar-refractivity contribution in [2.24, 2.45) is 0 Å². The fourth-order valence-corrected chi connectivity index (χ4v) is 3.66. The third-order valence-electron chi connectivity index (χ3n) is 3.68. The zero-order chi connectivity index (χ0) is 15.5. The number of carbonyl (C=O) groups is 1. The average molecular weight is 317 g/mol. The number of rotatable bonds is 3. The molecule has 1 N–H and O–H groups in total. The Labute approximate surface area is 132 Å². The van der Waals surface area contributed by atoms with E-state index in [1.54, 1.807) is 37.4 Å². The standard InChI is InChI=1S/C17H16FNO2S/c1-21-12-7-5-11(6-8-12)17(20)19-15-9-10-22-16-13(15)3-2-4-14(16)18/h2-8,15H,9-10H2,1H3,(H,19,20). The molecule has 0 aromatic heterocycles. The zero-order valence-corrected chi connectivity index (χ0v) is 13.0. The molecule has 0 saturated carbocycles. The highest BCUT2D eigenvalue weighted by Gasteiger charge is 2.24. The number of carbonyl (C=O) groups excluding carboxylic acids is 1. The first kappa shape index (κ1) is 14.9. The van der Waals surface area contributed by atoms with Gasteiger partial charge in [-0.1, -0.05) is 12.1 Å². The molecule has 0 spiro atoms. The smallest absolute Gasteiger partial charge is 0.251 e. The molecular formula is C17H16FNO2S. The van der Waals surface area contributed by atoms with Gasteiger partial charge in [-0.15, -0.1) is 11.8 Å². The summed E-state index contributed by atoms with van der Waals surface area (Å²) in [6, 6.07) is 11.8. The highest BCUT2D eigenvalue weighted by molar-refractivity contribution is 7.99. The van der Waals surface area contributed by atoms with Gasteiger partial charge in [-0.25, -0.2) is 4.39 Å². The van der Waals surface area contributed by atoms with Crippen molar-refractivity contribution >= 4 is 17.7 Å². The van der Waals surface area contributed by atoms with Gasteiger partial charge < -0.3 is 10.1 Å². The van der Waals surface area contributed by atoms with E-state index in [4.69, 9.17) is 4.74 Å². The van der Waals surface area contributed by atoms with Gasteiger partial charge in [0.2, 0.25) is 0 Å². The first-order valence-corrected chi connectivity index (χ1v) is 8.03. The quantitative estimate of drug-likeness (QED) is 0.936. The van der Waals surface area contributed by atoms with Gasteiger partial charge in [-0.3, -0.25) is 4.79 Å². The van der Waals surface area contributed by atoms with Crippen LogP contribution < -0.4 is 10.1 Å². The summed E-state index contributed by atoms with van der Waals surface area (Å²) in [6.45, 7) is 0. The molecule has 1 heterocycles. The lowest BCUT2D eigenvalue weighted by molar-refractivity contribution is 0.0934. The molecule has 0 bridgehead atoms. The van der Waals surface area contributed by atoms with Crippen LogP contribution in [0, 0.1) is 5.82 Å². The van der Waals surface area contributed by atoms with Crippen molar-refractivity contribution in [3.05, 3.63) is 59.4 Å². The summed E-state index contributed by atoms with van der Waals surface area (Å²) in [7, 11) is 1.58. The van der Waals surface area contributed by atoms with Crippen LogP contribution in [0.1, 0.15) is 28.4 Å². The van der Waals surface area contributed by atoms with E-state index in [1.807, 2.05) is 6.07 Å². The van der Waals surface area contributed by atoms with Gasteiger partial charge in [0.1, 0.15) is 11.6 Å². The van der Waals surface area contributed by atoms with Crippen LogP contribution in [0.2, 0.25) is 0 Å². The molecule has 1 atom stereocenters. The summed E-state index contributed by atoms with van der Waals surface area (Å²) in [5.41, 5.74) is 1.43. The Hall–Kier alpha value is -2.01. The molecule has 1 aliphatic rings. The van der Waals surface area contributed by atoms with Crippen LogP contribution in [0.25, 0.3) is 0 Å². The molecule has 0 saturated heterocycles. The molecule has 5 heteroatoms. The minimum atomic E-state index is -0.217. The number of halogens is 1. The summed E-state index contributed by atoms with van der Waals surface area (Å²) in [5.74, 6) is 1.13. The number of nitrogens with one attached hydrogen (secondary N) is 1. The highest BCUT2D eigenvalue weighted by atomic mass is 32.2. The fourth-order valence-electron chi connectivity index (χ4n) is 2.52. The summed E-state index contributed by atoms with van der Waals surface area (Å²) >= 11 is 1.50. The van der Waals surface area contributed by atoms with Crippen LogP contribution in [-0.2, 0) is 0 Å². The number of amides is 1. The molecule has 22 heavy (non-hydrogen) atoms. The van der Waals surface area contributed by atoms with Crippen molar-refractivity contribution in [3.63, 3.8) is 0 Å². The SMILES string of the molecule is COc1ccc(C(=O)NC2CCSc3c(F)cccc32)cc1. The lowest BCUT2D eigenvalue weighted by Crippen LogP contribution is -2.30. The molecule has 1 aliphatic heterocycles. The summed E-state index contributed by atoms with van der Waals surface area (Å²) < 4.78 is 18.9. The van der Waals surface area contributed by atoms with Crippen molar-refractivity contribution in [2.45, 2.75) is 17.4 Å². The van der Waals surface area contributed by atoms with Crippen molar-refractivity contribution in [1.29, 1.82) is 0 Å². The van der Waals surface area contributed by atoms with Gasteiger partial charge in [0.25, 0.3) is 5.91 Å². The van der Waals surface area contributed by atoms with Crippen molar-refractivity contribution in [1.82, 2.24) is 5.32 Å². The molecule has 1 amide bonds. The average Bonchev–Trinajstić information content (AvgIpc) is 2.56. The van der Waals surface area contributed by atoms with Crippen LogP contribution in [0.15, 0.2) is 47.4 Å². The van der Waals surface area contributed by atoms with Crippen LogP contribution >= 0.6 is 11.8 Å². The highest BCUT2D eigenvalue weighted by Crippen LogP contribution is 2.37. The minimum absolute atomic E-state index is 0.151. The molecular weight excluding hydrogens is 301 g/mol. The van der Waals surface area contributed by atoms with Crippen LogP contribution in [0.4, 0.5) is 4.39 Å². The first-order chi connectivity index (χ1) is 10.7. The molecule has 1 unspecified atom stereocenters. The van der Waals surface area contributed by atoms with Crippen molar-refractivity contribution in [3.8, 4) is 5.75 Å². The topological polar surface area (TPSA) is 38.3 Å². The number of thioether (sulfide) groups is 1. The minimum Gasteiger partial charge on any atom is -0.497 e. The Bertz CT molecular complexity index is 688. The van der Waals surface area contributed by atoms with Crippen LogP contribution in [0.3, 0.4) is 0 Å². The van der Waals surface area contributed by atoms with Gasteiger partial charge in [0.05, 0.1) is 13.2 Å². The summed E-state index contributed by atoms with van der Waals surface area (Å²) in [4.78, 5) is 13.0. The molecule has 114 valence electrons. The van der Waals surface area contributed by atoms with E-state index in [0.29, 0.717) is 16.2 Å². The molecule has 3 nitrogen and oxygen atoms in total. The number of benzene rings is 2. The van der Waals surface area contributed by atoms with Crippen molar-refractivity contribution < 1.29 is 13.9 Å². The van der Waals surface area contributed by atoms with E-state index in [1.165, 1.54) is 17.8 Å². The van der Waals surface area contributed by atoms with E-state index in [9.17, 15) is 9.18 Å². The number of fused-ring (bicyclic) bond motifs is 1. The maximum atomic E-state index is 13.8. The Balaban J connectivity index is 1.79. The van der Waals surface area contributed by atoms with E-state index < -0.39 is 0 Å². The maximum absolute atomic E-state index is 13.8. The normalized spacial score (nSPS) is 16.7. The second-order valence-electron chi connectivity index (χ2n) is 5.05. The van der Waals surface area contributed by atoms with E-state index in [-0.39, 0.29) is 17.8 Å². The Morgan fingerprint density at radius 1 is 1.27 bits per heavy atom. The predicted octanol–water partition coefficient (Wildman–Crippen LogP) is 3.80. The Morgan fingerprint density at radius 3 is 2.77 bits per heavy atom. The fraction of sp³-hybridized carbons (Fsp3) is 0.235. The number of ether oxygens (including phenoxy) is 1. The lowest BCUT2D eigenvalue weighted by atomic mass is 10.0. The number of methoxy groups -OCH3 is 1. The molecule has 0 radical (unpaired) electrons. The monoisotopic (exact) mass is 317 g/mol. The summed E-state index contributed by atoms with van der Waals surface area (Å²) in [5, 5.41) is 3.00. The van der Waals surface area contributed by atoms with Gasteiger partial charge in [0, 0.05) is 16.2 Å². The van der Waals surface area contributed by atoms with Crippen LogP contribution in [0.5, 0.6) is 5.75 Å². The number of hydrogen-bond donors (Lipinski definition) is 1. The zero-order valence-electron chi connectivity index (χ0n) is 12.1. The van der Waals surface area contributed by atoms with E-state index >= 15 is 0 Å².